The van der Waals surface area contributed by atoms with E-state index in [0.717, 1.165) is 34.4 Å². The molecule has 0 aliphatic carbocycles. The molecule has 0 spiro atoms. The lowest BCUT2D eigenvalue weighted by molar-refractivity contribution is 0.726. The van der Waals surface area contributed by atoms with Crippen LogP contribution in [0.4, 0.5) is 0 Å². The summed E-state index contributed by atoms with van der Waals surface area (Å²) in [5.41, 5.74) is 2.80. The smallest absolute Gasteiger partial charge is 0.251 e. The third-order valence-corrected chi connectivity index (χ3v) is 4.80. The second-order valence-electron chi connectivity index (χ2n) is 4.55. The Morgan fingerprint density at radius 2 is 2.25 bits per heavy atom. The molecule has 2 aromatic rings. The number of nitrogens with zero attached hydrogens (tertiary/aromatic N) is 3. The standard InChI is InChI=1S/C13H17BrN4OS/c1-4-5-9-6-11(19)16-13(15-9)20-7-10-12(14)8(2)17-18(10)3/h6H,4-5,7H2,1-3H3,(H,15,16,19). The summed E-state index contributed by atoms with van der Waals surface area (Å²) in [7, 11) is 1.91. The SMILES string of the molecule is CCCc1cc(=O)[nH]c(SCc2c(Br)c(C)nn2C)n1. The summed E-state index contributed by atoms with van der Waals surface area (Å²) in [4.78, 5) is 18.8. The molecule has 0 fully saturated rings. The van der Waals surface area contributed by atoms with E-state index in [9.17, 15) is 4.79 Å². The quantitative estimate of drug-likeness (QED) is 0.660. The van der Waals surface area contributed by atoms with E-state index in [2.05, 4.69) is 37.9 Å². The van der Waals surface area contributed by atoms with Crippen molar-refractivity contribution in [2.75, 3.05) is 0 Å². The van der Waals surface area contributed by atoms with Gasteiger partial charge in [0.2, 0.25) is 0 Å². The molecule has 0 unspecified atom stereocenters. The lowest BCUT2D eigenvalue weighted by Gasteiger charge is -2.04. The lowest BCUT2D eigenvalue weighted by Crippen LogP contribution is -2.10. The zero-order valence-electron chi connectivity index (χ0n) is 11.7. The van der Waals surface area contributed by atoms with Gasteiger partial charge < -0.3 is 4.98 Å². The number of hydrogen-bond donors (Lipinski definition) is 1. The highest BCUT2D eigenvalue weighted by molar-refractivity contribution is 9.10. The molecule has 0 saturated heterocycles. The number of aromatic nitrogens is 4. The lowest BCUT2D eigenvalue weighted by atomic mass is 10.2. The van der Waals surface area contributed by atoms with E-state index in [1.165, 1.54) is 11.8 Å². The Bertz CT molecular complexity index is 665. The van der Waals surface area contributed by atoms with Crippen molar-refractivity contribution in [1.29, 1.82) is 0 Å². The van der Waals surface area contributed by atoms with Crippen LogP contribution in [0, 0.1) is 6.92 Å². The molecule has 5 nitrogen and oxygen atoms in total. The topological polar surface area (TPSA) is 63.6 Å². The first-order valence-electron chi connectivity index (χ1n) is 6.42. The van der Waals surface area contributed by atoms with Gasteiger partial charge in [0, 0.05) is 24.6 Å². The van der Waals surface area contributed by atoms with E-state index < -0.39 is 0 Å². The Hall–Kier alpha value is -1.08. The van der Waals surface area contributed by atoms with Gasteiger partial charge in [-0.1, -0.05) is 25.1 Å². The summed E-state index contributed by atoms with van der Waals surface area (Å²) < 4.78 is 2.86. The van der Waals surface area contributed by atoms with Gasteiger partial charge in [-0.05, 0) is 29.3 Å². The molecule has 108 valence electrons. The van der Waals surface area contributed by atoms with Crippen molar-refractivity contribution < 1.29 is 0 Å². The predicted molar refractivity (Wildman–Crippen MR) is 84.1 cm³/mol. The van der Waals surface area contributed by atoms with E-state index in [-0.39, 0.29) is 5.56 Å². The predicted octanol–water partition coefficient (Wildman–Crippen LogP) is 2.82. The first-order chi connectivity index (χ1) is 9.51. The van der Waals surface area contributed by atoms with Crippen LogP contribution in [0.1, 0.15) is 30.4 Å². The van der Waals surface area contributed by atoms with Crippen LogP contribution in [0.5, 0.6) is 0 Å². The van der Waals surface area contributed by atoms with Gasteiger partial charge in [-0.3, -0.25) is 9.48 Å². The number of rotatable bonds is 5. The normalized spacial score (nSPS) is 11.0. The Morgan fingerprint density at radius 3 is 2.85 bits per heavy atom. The molecule has 0 aliphatic heterocycles. The van der Waals surface area contributed by atoms with Crippen LogP contribution < -0.4 is 5.56 Å². The Morgan fingerprint density at radius 1 is 1.50 bits per heavy atom. The van der Waals surface area contributed by atoms with Crippen molar-refractivity contribution in [3.8, 4) is 0 Å². The molecule has 0 atom stereocenters. The van der Waals surface area contributed by atoms with Crippen molar-refractivity contribution >= 4 is 27.7 Å². The number of aromatic amines is 1. The summed E-state index contributed by atoms with van der Waals surface area (Å²) in [5, 5.41) is 5.01. The highest BCUT2D eigenvalue weighted by Crippen LogP contribution is 2.26. The largest absolute Gasteiger partial charge is 0.301 e. The fourth-order valence-corrected chi connectivity index (χ4v) is 3.53. The molecule has 2 rings (SSSR count). The minimum atomic E-state index is -0.0915. The fraction of sp³-hybridized carbons (Fsp3) is 0.462. The van der Waals surface area contributed by atoms with E-state index in [4.69, 9.17) is 0 Å². The fourth-order valence-electron chi connectivity index (χ4n) is 1.91. The van der Waals surface area contributed by atoms with Gasteiger partial charge in [-0.2, -0.15) is 5.10 Å². The van der Waals surface area contributed by atoms with Crippen molar-refractivity contribution in [2.45, 2.75) is 37.6 Å². The number of nitrogens with one attached hydrogen (secondary N) is 1. The molecule has 7 heteroatoms. The molecule has 0 bridgehead atoms. The van der Waals surface area contributed by atoms with Gasteiger partial charge in [-0.15, -0.1) is 0 Å². The van der Waals surface area contributed by atoms with Gasteiger partial charge in [0.05, 0.1) is 15.9 Å². The van der Waals surface area contributed by atoms with E-state index in [1.54, 1.807) is 6.07 Å². The molecule has 2 aromatic heterocycles. The molecular weight excluding hydrogens is 340 g/mol. The van der Waals surface area contributed by atoms with Crippen LogP contribution in [-0.2, 0) is 19.2 Å². The number of halogens is 1. The monoisotopic (exact) mass is 356 g/mol. The Balaban J connectivity index is 2.16. The van der Waals surface area contributed by atoms with Crippen LogP contribution >= 0.6 is 27.7 Å². The molecule has 0 radical (unpaired) electrons. The summed E-state index contributed by atoms with van der Waals surface area (Å²) in [6.07, 6.45) is 1.80. The third-order valence-electron chi connectivity index (χ3n) is 2.89. The average molecular weight is 357 g/mol. The molecular formula is C13H17BrN4OS. The highest BCUT2D eigenvalue weighted by Gasteiger charge is 2.11. The van der Waals surface area contributed by atoms with E-state index >= 15 is 0 Å². The summed E-state index contributed by atoms with van der Waals surface area (Å²) in [6, 6.07) is 1.57. The number of H-pyrrole nitrogens is 1. The highest BCUT2D eigenvalue weighted by atomic mass is 79.9. The van der Waals surface area contributed by atoms with Crippen molar-refractivity contribution in [3.63, 3.8) is 0 Å². The molecule has 0 amide bonds. The Kier molecular flexibility index (Phi) is 5.04. The van der Waals surface area contributed by atoms with Gasteiger partial charge in [0.1, 0.15) is 0 Å². The van der Waals surface area contributed by atoms with Crippen molar-refractivity contribution in [3.05, 3.63) is 38.0 Å². The maximum absolute atomic E-state index is 11.6. The van der Waals surface area contributed by atoms with Gasteiger partial charge in [0.15, 0.2) is 5.16 Å². The van der Waals surface area contributed by atoms with Crippen molar-refractivity contribution in [1.82, 2.24) is 19.7 Å². The zero-order valence-corrected chi connectivity index (χ0v) is 14.1. The van der Waals surface area contributed by atoms with Crippen LogP contribution in [0.15, 0.2) is 20.5 Å². The van der Waals surface area contributed by atoms with Crippen molar-refractivity contribution in [2.24, 2.45) is 7.05 Å². The minimum absolute atomic E-state index is 0.0915. The second kappa shape index (κ2) is 6.58. The molecule has 0 aromatic carbocycles. The first-order valence-corrected chi connectivity index (χ1v) is 8.20. The number of thioether (sulfide) groups is 1. The van der Waals surface area contributed by atoms with Gasteiger partial charge >= 0.3 is 0 Å². The third kappa shape index (κ3) is 3.52. The van der Waals surface area contributed by atoms with E-state index in [1.807, 2.05) is 18.7 Å². The zero-order chi connectivity index (χ0) is 14.7. The van der Waals surface area contributed by atoms with Crippen LogP contribution in [-0.4, -0.2) is 19.7 Å². The molecule has 1 N–H and O–H groups in total. The first kappa shape index (κ1) is 15.3. The molecule has 20 heavy (non-hydrogen) atoms. The number of aryl methyl sites for hydroxylation is 3. The summed E-state index contributed by atoms with van der Waals surface area (Å²) in [6.45, 7) is 4.03. The maximum Gasteiger partial charge on any atom is 0.251 e. The van der Waals surface area contributed by atoms with Crippen LogP contribution in [0.2, 0.25) is 0 Å². The molecule has 2 heterocycles. The van der Waals surface area contributed by atoms with Crippen LogP contribution in [0.3, 0.4) is 0 Å². The Labute approximate surface area is 130 Å². The number of hydrogen-bond acceptors (Lipinski definition) is 4. The second-order valence-corrected chi connectivity index (χ2v) is 6.31. The summed E-state index contributed by atoms with van der Waals surface area (Å²) in [5.74, 6) is 0.705. The summed E-state index contributed by atoms with van der Waals surface area (Å²) >= 11 is 5.05. The van der Waals surface area contributed by atoms with Gasteiger partial charge in [-0.25, -0.2) is 4.98 Å². The van der Waals surface area contributed by atoms with E-state index in [0.29, 0.717) is 10.9 Å². The minimum Gasteiger partial charge on any atom is -0.301 e. The average Bonchev–Trinajstić information content (AvgIpc) is 2.61. The van der Waals surface area contributed by atoms with Gasteiger partial charge in [0.25, 0.3) is 5.56 Å². The maximum atomic E-state index is 11.6. The molecule has 0 aliphatic rings. The van der Waals surface area contributed by atoms with Crippen LogP contribution in [0.25, 0.3) is 0 Å². The molecule has 0 saturated carbocycles.